The summed E-state index contributed by atoms with van der Waals surface area (Å²) in [7, 11) is 3.03. The lowest BCUT2D eigenvalue weighted by Crippen LogP contribution is -2.31. The van der Waals surface area contributed by atoms with E-state index in [1.165, 1.54) is 14.2 Å². The molecule has 31 heavy (non-hydrogen) atoms. The Kier molecular flexibility index (Phi) is 7.07. The molecular formula is C24H29NO6. The molecule has 7 heteroatoms. The molecule has 166 valence electrons. The maximum absolute atomic E-state index is 13.3. The van der Waals surface area contributed by atoms with Gasteiger partial charge in [-0.25, -0.2) is 0 Å². The molecule has 7 nitrogen and oxygen atoms in total. The van der Waals surface area contributed by atoms with Crippen LogP contribution in [0.4, 0.5) is 0 Å². The minimum Gasteiger partial charge on any atom is -0.493 e. The Morgan fingerprint density at radius 1 is 1.19 bits per heavy atom. The Balaban J connectivity index is 2.05. The van der Waals surface area contributed by atoms with Crippen molar-refractivity contribution >= 4 is 12.0 Å². The van der Waals surface area contributed by atoms with Gasteiger partial charge in [-0.15, -0.1) is 0 Å². The summed E-state index contributed by atoms with van der Waals surface area (Å²) in [6, 6.07) is 7.09. The number of ether oxygens (including phenoxy) is 4. The van der Waals surface area contributed by atoms with E-state index in [9.17, 15) is 9.90 Å². The van der Waals surface area contributed by atoms with Crippen LogP contribution in [-0.4, -0.2) is 50.0 Å². The minimum atomic E-state index is -0.899. The highest BCUT2D eigenvalue weighted by molar-refractivity contribution is 5.99. The molecule has 0 saturated carbocycles. The molecule has 2 aromatic rings. The number of nitrogens with zero attached hydrogens (tertiary/aromatic N) is 1. The van der Waals surface area contributed by atoms with Gasteiger partial charge in [0.25, 0.3) is 5.91 Å². The van der Waals surface area contributed by atoms with Crippen molar-refractivity contribution in [3.8, 4) is 23.0 Å². The lowest BCUT2D eigenvalue weighted by molar-refractivity contribution is 0.0766. The zero-order valence-corrected chi connectivity index (χ0v) is 18.4. The highest BCUT2D eigenvalue weighted by atomic mass is 16.7. The number of carbonyl (C=O) groups excluding carboxylic acids is 1. The average molecular weight is 427 g/mol. The standard InChI is InChI=1S/C24H29NO6/c1-6-15-12-20-21(31-14-30-20)13-17(15)18(26)11-16-9-10-19(28-4)23(29-5)22(16)24(27)25(7-2)8-3/h6,9-10,12-13,18,26H,1,7-8,11,14H2,2-5H3. The fourth-order valence-electron chi connectivity index (χ4n) is 3.80. The number of aliphatic hydroxyl groups excluding tert-OH is 1. The summed E-state index contributed by atoms with van der Waals surface area (Å²) in [6.45, 7) is 8.94. The third-order valence-corrected chi connectivity index (χ3v) is 5.47. The molecule has 0 fully saturated rings. The number of benzene rings is 2. The van der Waals surface area contributed by atoms with Crippen LogP contribution in [0.1, 0.15) is 47.0 Å². The van der Waals surface area contributed by atoms with Gasteiger partial charge in [0.2, 0.25) is 6.79 Å². The van der Waals surface area contributed by atoms with E-state index in [0.717, 1.165) is 5.56 Å². The van der Waals surface area contributed by atoms with Gasteiger partial charge in [-0.05, 0) is 48.7 Å². The third kappa shape index (κ3) is 4.32. The van der Waals surface area contributed by atoms with E-state index < -0.39 is 6.10 Å². The van der Waals surface area contributed by atoms with Crippen LogP contribution in [0, 0.1) is 0 Å². The second-order valence-electron chi connectivity index (χ2n) is 7.07. The number of methoxy groups -OCH3 is 2. The maximum Gasteiger partial charge on any atom is 0.258 e. The Labute approximate surface area is 182 Å². The predicted octanol–water partition coefficient (Wildman–Crippen LogP) is 3.83. The first-order valence-corrected chi connectivity index (χ1v) is 10.3. The molecule has 1 N–H and O–H groups in total. The molecule has 0 bridgehead atoms. The minimum absolute atomic E-state index is 0.143. The van der Waals surface area contributed by atoms with Crippen molar-refractivity contribution in [1.29, 1.82) is 0 Å². The van der Waals surface area contributed by atoms with E-state index in [4.69, 9.17) is 18.9 Å². The zero-order valence-electron chi connectivity index (χ0n) is 18.4. The van der Waals surface area contributed by atoms with Gasteiger partial charge in [0.05, 0.1) is 25.9 Å². The van der Waals surface area contributed by atoms with Gasteiger partial charge >= 0.3 is 0 Å². The molecule has 1 aliphatic rings. The van der Waals surface area contributed by atoms with Gasteiger partial charge < -0.3 is 29.0 Å². The summed E-state index contributed by atoms with van der Waals surface area (Å²) in [4.78, 5) is 15.0. The number of rotatable bonds is 9. The van der Waals surface area contributed by atoms with Crippen LogP contribution in [0.3, 0.4) is 0 Å². The van der Waals surface area contributed by atoms with Crippen LogP contribution in [0.5, 0.6) is 23.0 Å². The van der Waals surface area contributed by atoms with E-state index in [1.807, 2.05) is 13.8 Å². The Morgan fingerprint density at radius 2 is 1.87 bits per heavy atom. The van der Waals surface area contributed by atoms with Crippen molar-refractivity contribution in [2.45, 2.75) is 26.4 Å². The van der Waals surface area contributed by atoms with Crippen molar-refractivity contribution in [2.24, 2.45) is 0 Å². The second-order valence-corrected chi connectivity index (χ2v) is 7.07. The van der Waals surface area contributed by atoms with Gasteiger partial charge in [-0.1, -0.05) is 18.7 Å². The first kappa shape index (κ1) is 22.5. The van der Waals surface area contributed by atoms with Crippen LogP contribution in [0.2, 0.25) is 0 Å². The van der Waals surface area contributed by atoms with E-state index in [-0.39, 0.29) is 19.1 Å². The molecule has 0 spiro atoms. The van der Waals surface area contributed by atoms with Crippen molar-refractivity contribution in [3.05, 3.63) is 53.1 Å². The van der Waals surface area contributed by atoms with Crippen LogP contribution in [-0.2, 0) is 6.42 Å². The molecule has 0 radical (unpaired) electrons. The van der Waals surface area contributed by atoms with Gasteiger partial charge in [0.1, 0.15) is 0 Å². The van der Waals surface area contributed by atoms with E-state index in [2.05, 4.69) is 6.58 Å². The molecule has 1 heterocycles. The van der Waals surface area contributed by atoms with Gasteiger partial charge in [-0.2, -0.15) is 0 Å². The fourth-order valence-corrected chi connectivity index (χ4v) is 3.80. The summed E-state index contributed by atoms with van der Waals surface area (Å²) >= 11 is 0. The first-order valence-electron chi connectivity index (χ1n) is 10.3. The van der Waals surface area contributed by atoms with Crippen LogP contribution >= 0.6 is 0 Å². The smallest absolute Gasteiger partial charge is 0.258 e. The Bertz CT molecular complexity index is 967. The summed E-state index contributed by atoms with van der Waals surface area (Å²) in [6.07, 6.45) is 0.962. The highest BCUT2D eigenvalue weighted by Crippen LogP contribution is 2.40. The maximum atomic E-state index is 13.3. The monoisotopic (exact) mass is 427 g/mol. The molecule has 0 aliphatic carbocycles. The number of hydrogen-bond acceptors (Lipinski definition) is 6. The summed E-state index contributed by atoms with van der Waals surface area (Å²) in [5.41, 5.74) is 2.45. The summed E-state index contributed by atoms with van der Waals surface area (Å²) < 4.78 is 21.8. The van der Waals surface area contributed by atoms with Gasteiger partial charge in [0.15, 0.2) is 23.0 Å². The normalized spacial score (nSPS) is 12.9. The number of hydrogen-bond donors (Lipinski definition) is 1. The first-order chi connectivity index (χ1) is 15.0. The largest absolute Gasteiger partial charge is 0.493 e. The predicted molar refractivity (Wildman–Crippen MR) is 118 cm³/mol. The SMILES string of the molecule is C=Cc1cc2c(cc1C(O)Cc1ccc(OC)c(OC)c1C(=O)N(CC)CC)OCO2. The zero-order chi connectivity index (χ0) is 22.5. The Morgan fingerprint density at radius 3 is 2.45 bits per heavy atom. The molecular weight excluding hydrogens is 398 g/mol. The topological polar surface area (TPSA) is 77.5 Å². The van der Waals surface area contributed by atoms with E-state index in [1.54, 1.807) is 35.2 Å². The number of amides is 1. The molecule has 1 aliphatic heterocycles. The van der Waals surface area contributed by atoms with E-state index in [0.29, 0.717) is 52.8 Å². The average Bonchev–Trinajstić information content (AvgIpc) is 3.25. The van der Waals surface area contributed by atoms with Crippen molar-refractivity contribution in [1.82, 2.24) is 4.90 Å². The molecule has 1 unspecified atom stereocenters. The lowest BCUT2D eigenvalue weighted by atomic mass is 9.93. The highest BCUT2D eigenvalue weighted by Gasteiger charge is 2.27. The molecule has 3 rings (SSSR count). The lowest BCUT2D eigenvalue weighted by Gasteiger charge is -2.24. The quantitative estimate of drug-likeness (QED) is 0.655. The second kappa shape index (κ2) is 9.75. The van der Waals surface area contributed by atoms with Crippen molar-refractivity contribution in [3.63, 3.8) is 0 Å². The van der Waals surface area contributed by atoms with Crippen LogP contribution < -0.4 is 18.9 Å². The van der Waals surface area contributed by atoms with Crippen LogP contribution in [0.25, 0.3) is 6.08 Å². The molecule has 1 amide bonds. The van der Waals surface area contributed by atoms with E-state index >= 15 is 0 Å². The van der Waals surface area contributed by atoms with Gasteiger partial charge in [0, 0.05) is 19.5 Å². The van der Waals surface area contributed by atoms with Crippen molar-refractivity contribution in [2.75, 3.05) is 34.1 Å². The Hall–Kier alpha value is -3.19. The summed E-state index contributed by atoms with van der Waals surface area (Å²) in [5.74, 6) is 1.85. The molecule has 1 atom stereocenters. The fraction of sp³-hybridized carbons (Fsp3) is 0.375. The third-order valence-electron chi connectivity index (χ3n) is 5.47. The van der Waals surface area contributed by atoms with Gasteiger partial charge in [-0.3, -0.25) is 4.79 Å². The molecule has 2 aromatic carbocycles. The molecule has 0 saturated heterocycles. The van der Waals surface area contributed by atoms with Crippen LogP contribution in [0.15, 0.2) is 30.8 Å². The molecule has 0 aromatic heterocycles. The number of aliphatic hydroxyl groups is 1. The van der Waals surface area contributed by atoms with Crippen molar-refractivity contribution < 1.29 is 28.8 Å². The number of fused-ring (bicyclic) bond motifs is 1. The number of carbonyl (C=O) groups is 1. The summed E-state index contributed by atoms with van der Waals surface area (Å²) in [5, 5.41) is 11.1.